The first kappa shape index (κ1) is 24.8. The molecule has 5 aromatic rings. The Balaban J connectivity index is 1.73. The number of sulfonamides is 1. The summed E-state index contributed by atoms with van der Waals surface area (Å²) in [7, 11) is -3.31. The van der Waals surface area contributed by atoms with Crippen LogP contribution < -0.4 is 4.72 Å². The summed E-state index contributed by atoms with van der Waals surface area (Å²) in [5, 5.41) is 11.8. The van der Waals surface area contributed by atoms with Gasteiger partial charge in [-0.1, -0.05) is 26.0 Å². The van der Waals surface area contributed by atoms with Crippen LogP contribution in [0.1, 0.15) is 35.8 Å². The minimum absolute atomic E-state index is 0.0330. The Morgan fingerprint density at radius 1 is 1.14 bits per heavy atom. The SMILES string of the molecule is CC(C)c1c(-c2cc(F)cc3[nH]ccc23)[nH]c(C(=O)O)c1-c1cccc2c1ccn2CCNS(C)(=O)=O. The van der Waals surface area contributed by atoms with E-state index >= 15 is 0 Å². The van der Waals surface area contributed by atoms with Crippen LogP contribution in [0.4, 0.5) is 4.39 Å². The lowest BCUT2D eigenvalue weighted by Gasteiger charge is -2.14. The zero-order valence-corrected chi connectivity index (χ0v) is 21.4. The highest BCUT2D eigenvalue weighted by Crippen LogP contribution is 2.44. The van der Waals surface area contributed by atoms with Gasteiger partial charge in [0.25, 0.3) is 0 Å². The molecule has 3 heterocycles. The second-order valence-corrected chi connectivity index (χ2v) is 11.3. The summed E-state index contributed by atoms with van der Waals surface area (Å²) >= 11 is 0. The normalized spacial score (nSPS) is 12.2. The van der Waals surface area contributed by atoms with Gasteiger partial charge in [-0.2, -0.15) is 0 Å². The molecule has 0 spiro atoms. The van der Waals surface area contributed by atoms with Gasteiger partial charge in [-0.25, -0.2) is 22.3 Å². The molecule has 10 heteroatoms. The van der Waals surface area contributed by atoms with Crippen LogP contribution in [0.25, 0.3) is 44.2 Å². The molecular weight excluding hydrogens is 495 g/mol. The summed E-state index contributed by atoms with van der Waals surface area (Å²) in [5.74, 6) is -1.61. The van der Waals surface area contributed by atoms with Crippen LogP contribution >= 0.6 is 0 Å². The summed E-state index contributed by atoms with van der Waals surface area (Å²) in [6.07, 6.45) is 4.70. The van der Waals surface area contributed by atoms with Gasteiger partial charge in [-0.05, 0) is 47.4 Å². The van der Waals surface area contributed by atoms with Gasteiger partial charge < -0.3 is 19.6 Å². The average Bonchev–Trinajstić information content (AvgIpc) is 3.54. The van der Waals surface area contributed by atoms with E-state index in [1.807, 2.05) is 54.9 Å². The molecule has 0 bridgehead atoms. The fraction of sp³-hybridized carbons (Fsp3) is 0.222. The molecule has 0 aliphatic rings. The summed E-state index contributed by atoms with van der Waals surface area (Å²) < 4.78 is 41.9. The van der Waals surface area contributed by atoms with Crippen LogP contribution in [0.3, 0.4) is 0 Å². The molecular formula is C27H27FN4O4S. The third-order valence-electron chi connectivity index (χ3n) is 6.53. The number of hydrogen-bond acceptors (Lipinski definition) is 3. The monoisotopic (exact) mass is 522 g/mol. The molecule has 0 atom stereocenters. The average molecular weight is 523 g/mol. The molecule has 4 N–H and O–H groups in total. The van der Waals surface area contributed by atoms with Crippen LogP contribution in [-0.2, 0) is 16.6 Å². The minimum Gasteiger partial charge on any atom is -0.477 e. The molecule has 0 aliphatic heterocycles. The van der Waals surface area contributed by atoms with Crippen molar-refractivity contribution in [3.05, 3.63) is 71.9 Å². The number of benzene rings is 2. The Morgan fingerprint density at radius 2 is 1.92 bits per heavy atom. The molecule has 0 aliphatic carbocycles. The molecule has 3 aromatic heterocycles. The quantitative estimate of drug-likeness (QED) is 0.221. The largest absolute Gasteiger partial charge is 0.477 e. The lowest BCUT2D eigenvalue weighted by atomic mass is 9.89. The predicted octanol–water partition coefficient (Wildman–Crippen LogP) is 5.29. The van der Waals surface area contributed by atoms with Crippen molar-refractivity contribution < 1.29 is 22.7 Å². The Hall–Kier alpha value is -3.89. The molecule has 8 nitrogen and oxygen atoms in total. The number of carbonyl (C=O) groups is 1. The number of aromatic nitrogens is 3. The van der Waals surface area contributed by atoms with Crippen molar-refractivity contribution in [3.63, 3.8) is 0 Å². The second kappa shape index (κ2) is 9.20. The number of carboxylic acids is 1. The lowest BCUT2D eigenvalue weighted by Crippen LogP contribution is -2.25. The summed E-state index contributed by atoms with van der Waals surface area (Å²) in [6, 6.07) is 12.2. The highest BCUT2D eigenvalue weighted by atomic mass is 32.2. The number of nitrogens with zero attached hydrogens (tertiary/aromatic N) is 1. The number of nitrogens with one attached hydrogen (secondary N) is 3. The van der Waals surface area contributed by atoms with Crippen LogP contribution in [0, 0.1) is 5.82 Å². The Bertz CT molecular complexity index is 1760. The fourth-order valence-corrected chi connectivity index (χ4v) is 5.53. The van der Waals surface area contributed by atoms with Crippen LogP contribution in [0.5, 0.6) is 0 Å². The molecule has 0 amide bonds. The van der Waals surface area contributed by atoms with Crippen LogP contribution in [0.15, 0.2) is 54.9 Å². The zero-order valence-electron chi connectivity index (χ0n) is 20.6. The smallest absolute Gasteiger partial charge is 0.352 e. The molecule has 5 rings (SSSR count). The number of carboxylic acid groups (broad SMARTS) is 1. The van der Waals surface area contributed by atoms with Crippen molar-refractivity contribution in [2.24, 2.45) is 0 Å². The van der Waals surface area contributed by atoms with E-state index in [4.69, 9.17) is 0 Å². The molecule has 2 aromatic carbocycles. The van der Waals surface area contributed by atoms with E-state index in [9.17, 15) is 22.7 Å². The Kier molecular flexibility index (Phi) is 6.17. The van der Waals surface area contributed by atoms with Gasteiger partial charge in [0.1, 0.15) is 11.5 Å². The van der Waals surface area contributed by atoms with E-state index < -0.39 is 21.8 Å². The molecule has 0 radical (unpaired) electrons. The fourth-order valence-electron chi connectivity index (χ4n) is 5.07. The second-order valence-electron chi connectivity index (χ2n) is 9.43. The van der Waals surface area contributed by atoms with Crippen LogP contribution in [-0.4, -0.2) is 46.8 Å². The first-order valence-electron chi connectivity index (χ1n) is 11.8. The third-order valence-corrected chi connectivity index (χ3v) is 7.26. The van der Waals surface area contributed by atoms with E-state index in [-0.39, 0.29) is 18.2 Å². The lowest BCUT2D eigenvalue weighted by molar-refractivity contribution is 0.0692. The number of aromatic carboxylic acids is 1. The van der Waals surface area contributed by atoms with Gasteiger partial charge in [0.05, 0.1) is 11.9 Å². The zero-order chi connectivity index (χ0) is 26.5. The van der Waals surface area contributed by atoms with Crippen molar-refractivity contribution in [2.45, 2.75) is 26.3 Å². The van der Waals surface area contributed by atoms with Gasteiger partial charge in [0.15, 0.2) is 0 Å². The summed E-state index contributed by atoms with van der Waals surface area (Å²) in [6.45, 7) is 4.61. The first-order valence-corrected chi connectivity index (χ1v) is 13.7. The van der Waals surface area contributed by atoms with Gasteiger partial charge in [-0.15, -0.1) is 0 Å². The van der Waals surface area contributed by atoms with E-state index in [1.165, 1.54) is 12.1 Å². The molecule has 192 valence electrons. The molecule has 0 unspecified atom stereocenters. The third kappa shape index (κ3) is 4.54. The summed E-state index contributed by atoms with van der Waals surface area (Å²) in [5.41, 5.74) is 4.74. The van der Waals surface area contributed by atoms with Gasteiger partial charge in [0, 0.05) is 58.4 Å². The van der Waals surface area contributed by atoms with Crippen molar-refractivity contribution in [1.29, 1.82) is 0 Å². The van der Waals surface area contributed by atoms with Crippen molar-refractivity contribution in [3.8, 4) is 22.4 Å². The summed E-state index contributed by atoms with van der Waals surface area (Å²) in [4.78, 5) is 18.6. The van der Waals surface area contributed by atoms with Crippen LogP contribution in [0.2, 0.25) is 0 Å². The maximum absolute atomic E-state index is 14.6. The number of aromatic amines is 2. The number of halogens is 1. The minimum atomic E-state index is -3.31. The van der Waals surface area contributed by atoms with Crippen molar-refractivity contribution in [1.82, 2.24) is 19.3 Å². The molecule has 0 saturated carbocycles. The Labute approximate surface area is 213 Å². The Morgan fingerprint density at radius 3 is 2.62 bits per heavy atom. The number of fused-ring (bicyclic) bond motifs is 2. The highest BCUT2D eigenvalue weighted by molar-refractivity contribution is 7.88. The van der Waals surface area contributed by atoms with Gasteiger partial charge >= 0.3 is 5.97 Å². The van der Waals surface area contributed by atoms with Crippen molar-refractivity contribution in [2.75, 3.05) is 12.8 Å². The van der Waals surface area contributed by atoms with E-state index in [0.29, 0.717) is 28.9 Å². The standard InChI is InChI=1S/C27H27FN4O4S/c1-15(2)23-24(19-5-4-6-22-18(19)8-11-32(22)12-10-30-37(3,35)36)26(27(33)34)31-25(23)20-13-16(28)14-21-17(20)7-9-29-21/h4-9,11,13-15,29-31H,10,12H2,1-3H3,(H,33,34). The topological polar surface area (TPSA) is 120 Å². The van der Waals surface area contributed by atoms with Gasteiger partial charge in [-0.3, -0.25) is 0 Å². The molecule has 0 saturated heterocycles. The molecule has 0 fully saturated rings. The predicted molar refractivity (Wildman–Crippen MR) is 143 cm³/mol. The van der Waals surface area contributed by atoms with Gasteiger partial charge in [0.2, 0.25) is 10.0 Å². The van der Waals surface area contributed by atoms with E-state index in [1.54, 1.807) is 6.20 Å². The first-order chi connectivity index (χ1) is 17.5. The highest BCUT2D eigenvalue weighted by Gasteiger charge is 2.28. The number of hydrogen-bond donors (Lipinski definition) is 4. The number of H-pyrrole nitrogens is 2. The van der Waals surface area contributed by atoms with Crippen molar-refractivity contribution >= 4 is 37.8 Å². The van der Waals surface area contributed by atoms with E-state index in [0.717, 1.165) is 33.7 Å². The maximum atomic E-state index is 14.6. The molecule has 37 heavy (non-hydrogen) atoms. The maximum Gasteiger partial charge on any atom is 0.352 e. The van der Waals surface area contributed by atoms with E-state index in [2.05, 4.69) is 14.7 Å². The number of rotatable bonds is 8.